The topological polar surface area (TPSA) is 0 Å². The molecule has 4 aliphatic rings. The van der Waals surface area contributed by atoms with Crippen LogP contribution in [-0.2, 0) is 0 Å². The first kappa shape index (κ1) is 83.8. The van der Waals surface area contributed by atoms with Crippen LogP contribution in [0, 0.1) is 177 Å². The molecular weight excluding hydrogens is 1120 g/mol. The van der Waals surface area contributed by atoms with Crippen molar-refractivity contribution in [2.45, 2.75) is 249 Å². The molecule has 4 aliphatic carbocycles. The van der Waals surface area contributed by atoms with Gasteiger partial charge >= 0.3 is 0 Å². The summed E-state index contributed by atoms with van der Waals surface area (Å²) in [5, 5.41) is 0. The molecule has 0 unspecified atom stereocenters. The van der Waals surface area contributed by atoms with Gasteiger partial charge in [-0.05, 0) is 231 Å². The van der Waals surface area contributed by atoms with Gasteiger partial charge in [-0.2, -0.15) is 0 Å². The van der Waals surface area contributed by atoms with Gasteiger partial charge in [-0.25, -0.2) is 35.1 Å². The van der Waals surface area contributed by atoms with Crippen molar-refractivity contribution in [3.05, 3.63) is 210 Å². The summed E-state index contributed by atoms with van der Waals surface area (Å²) in [6.45, 7) is 25.6. The third kappa shape index (κ3) is 31.1. The summed E-state index contributed by atoms with van der Waals surface area (Å²) in [6.07, 6.45) is 29.6. The van der Waals surface area contributed by atoms with Crippen LogP contribution in [0.3, 0.4) is 0 Å². The highest BCUT2D eigenvalue weighted by Gasteiger charge is 2.30. The van der Waals surface area contributed by atoms with Gasteiger partial charge in [-0.1, -0.05) is 218 Å². The molecule has 89 heavy (non-hydrogen) atoms. The lowest BCUT2D eigenvalue weighted by molar-refractivity contribution is 0.154. The number of benzene rings is 6. The first-order chi connectivity index (χ1) is 40.2. The zero-order chi connectivity index (χ0) is 62.9. The van der Waals surface area contributed by atoms with Crippen LogP contribution < -0.4 is 0 Å². The predicted octanol–water partition coefficient (Wildman–Crippen LogP) is 26.9. The fourth-order valence-electron chi connectivity index (χ4n) is 12.3. The van der Waals surface area contributed by atoms with Gasteiger partial charge in [0.1, 0.15) is 34.9 Å². The zero-order valence-electron chi connectivity index (χ0n) is 54.3. The van der Waals surface area contributed by atoms with Crippen LogP contribution >= 0.6 is 0 Å². The van der Waals surface area contributed by atoms with Crippen molar-refractivity contribution in [3.63, 3.8) is 0 Å². The van der Waals surface area contributed by atoms with Crippen molar-refractivity contribution in [3.8, 4) is 0 Å². The van der Waals surface area contributed by atoms with E-state index in [0.717, 1.165) is 58.5 Å². The van der Waals surface area contributed by atoms with Gasteiger partial charge in [0, 0.05) is 11.1 Å². The Kier molecular flexibility index (Phi) is 40.2. The molecule has 0 aliphatic heterocycles. The molecule has 500 valence electrons. The lowest BCUT2D eigenvalue weighted by Gasteiger charge is -2.37. The predicted molar refractivity (Wildman–Crippen MR) is 369 cm³/mol. The SMILES string of the molecule is C.C.C.C.CC1CCC(CC2CCC(CC3CCC(CC4CCC(C)CC4)CC3)CC2)CC1.Cc1cc(F)c(C)c(F)c1.Cc1cc(F)c(C)c(F)c1.Cc1ccc(C)c(F)c1.Cc1ccc(C)c(F)c1.Cc1ccc(C)c(F)c1F.Cc1ccc(C)cc1. The van der Waals surface area contributed by atoms with Crippen LogP contribution in [0.2, 0.25) is 0 Å². The fraction of sp³-hybridized carbons (Fsp3) is 0.556. The molecule has 0 saturated heterocycles. The highest BCUT2D eigenvalue weighted by atomic mass is 19.2. The van der Waals surface area contributed by atoms with Crippen LogP contribution in [0.25, 0.3) is 0 Å². The van der Waals surface area contributed by atoms with Crippen molar-refractivity contribution >= 4 is 0 Å². The summed E-state index contributed by atoms with van der Waals surface area (Å²) in [5.74, 6) is 5.00. The van der Waals surface area contributed by atoms with Gasteiger partial charge in [0.2, 0.25) is 0 Å². The Labute approximate surface area is 538 Å². The fourth-order valence-corrected chi connectivity index (χ4v) is 12.3. The summed E-state index contributed by atoms with van der Waals surface area (Å²) in [6, 6.07) is 27.3. The highest BCUT2D eigenvalue weighted by Crippen LogP contribution is 2.44. The van der Waals surface area contributed by atoms with Crippen molar-refractivity contribution in [1.29, 1.82) is 0 Å². The smallest absolute Gasteiger partial charge is 0.161 e. The molecule has 0 spiro atoms. The molecule has 0 atom stereocenters. The third-order valence-corrected chi connectivity index (χ3v) is 18.4. The van der Waals surface area contributed by atoms with Crippen LogP contribution in [0.4, 0.5) is 35.1 Å². The van der Waals surface area contributed by atoms with E-state index in [1.165, 1.54) is 101 Å². The van der Waals surface area contributed by atoms with Crippen LogP contribution in [0.1, 0.15) is 232 Å². The minimum atomic E-state index is -0.736. The summed E-state index contributed by atoms with van der Waals surface area (Å²) < 4.78 is 101. The highest BCUT2D eigenvalue weighted by molar-refractivity contribution is 5.27. The maximum absolute atomic E-state index is 12.6. The quantitative estimate of drug-likeness (QED) is 0.146. The molecule has 10 rings (SSSR count). The molecule has 0 heterocycles. The van der Waals surface area contributed by atoms with E-state index in [-0.39, 0.29) is 52.5 Å². The molecule has 0 amide bonds. The minimum Gasteiger partial charge on any atom is -0.207 e. The first-order valence-corrected chi connectivity index (χ1v) is 31.9. The molecule has 0 aromatic heterocycles. The van der Waals surface area contributed by atoms with Gasteiger partial charge in [-0.15, -0.1) is 0 Å². The van der Waals surface area contributed by atoms with E-state index in [0.29, 0.717) is 33.4 Å². The largest absolute Gasteiger partial charge is 0.207 e. The molecule has 0 bridgehead atoms. The van der Waals surface area contributed by atoms with E-state index >= 15 is 0 Å². The second-order valence-electron chi connectivity index (χ2n) is 26.4. The van der Waals surface area contributed by atoms with E-state index in [1.54, 1.807) is 148 Å². The summed E-state index contributed by atoms with van der Waals surface area (Å²) in [7, 11) is 0. The van der Waals surface area contributed by atoms with Gasteiger partial charge in [0.25, 0.3) is 0 Å². The Morgan fingerprint density at radius 3 is 0.652 bits per heavy atom. The number of hydrogen-bond donors (Lipinski definition) is 0. The van der Waals surface area contributed by atoms with Crippen LogP contribution in [0.5, 0.6) is 0 Å². The molecular formula is C81H120F8. The average molecular weight is 1250 g/mol. The van der Waals surface area contributed by atoms with Crippen molar-refractivity contribution < 1.29 is 35.1 Å². The maximum Gasteiger partial charge on any atom is 0.161 e. The number of halogens is 8. The van der Waals surface area contributed by atoms with Crippen LogP contribution in [0.15, 0.2) is 97.1 Å². The van der Waals surface area contributed by atoms with E-state index in [1.807, 2.05) is 26.0 Å². The van der Waals surface area contributed by atoms with Gasteiger partial charge in [0.15, 0.2) is 11.6 Å². The van der Waals surface area contributed by atoms with E-state index in [4.69, 9.17) is 0 Å². The number of rotatable bonds is 6. The Hall–Kier alpha value is -5.24. The summed E-state index contributed by atoms with van der Waals surface area (Å²) in [4.78, 5) is 0. The molecule has 6 aromatic rings. The standard InChI is InChI=1S/C29H52.3C8H8F2.2C8H9F.C8H10.4CH4/c1-22-3-7-24(8-4-22)19-26-11-15-28(16-12-26)21-29-17-13-27(14-18-29)20-25-9-5-23(2)6-10-25;2*1-5-3-7(9)6(2)8(10)4-5;1-5-3-4-6(2)8(10)7(5)9;2*1-6-3-4-7(2)8(9)5-6;1-7-3-5-8(2)6-4-7;;;;/h22-29H,3-21H2,1-2H3;3*3-4H,1-2H3;2*3-5H,1-2H3;3-6H,1-2H3;4*1H4. The van der Waals surface area contributed by atoms with Gasteiger partial charge < -0.3 is 0 Å². The Morgan fingerprint density at radius 1 is 0.247 bits per heavy atom. The van der Waals surface area contributed by atoms with Crippen LogP contribution in [-0.4, -0.2) is 0 Å². The van der Waals surface area contributed by atoms with E-state index in [2.05, 4.69) is 52.0 Å². The molecule has 0 radical (unpaired) electrons. The molecule has 0 nitrogen and oxygen atoms in total. The Bertz CT molecular complexity index is 2650. The second kappa shape index (κ2) is 42.7. The van der Waals surface area contributed by atoms with E-state index < -0.39 is 34.9 Å². The first-order valence-electron chi connectivity index (χ1n) is 31.9. The van der Waals surface area contributed by atoms with Gasteiger partial charge in [-0.3, -0.25) is 0 Å². The lowest BCUT2D eigenvalue weighted by atomic mass is 9.69. The maximum atomic E-state index is 12.6. The Morgan fingerprint density at radius 2 is 0.438 bits per heavy atom. The number of aryl methyl sites for hydroxylation is 10. The van der Waals surface area contributed by atoms with Crippen molar-refractivity contribution in [2.24, 2.45) is 47.3 Å². The zero-order valence-corrected chi connectivity index (χ0v) is 54.3. The van der Waals surface area contributed by atoms with Gasteiger partial charge in [0.05, 0.1) is 0 Å². The molecule has 4 fully saturated rings. The molecule has 4 saturated carbocycles. The third-order valence-electron chi connectivity index (χ3n) is 18.4. The number of hydrogen-bond acceptors (Lipinski definition) is 0. The normalized spacial score (nSPS) is 20.7. The second-order valence-corrected chi connectivity index (χ2v) is 26.4. The van der Waals surface area contributed by atoms with Crippen molar-refractivity contribution in [1.82, 2.24) is 0 Å². The molecule has 0 N–H and O–H groups in total. The van der Waals surface area contributed by atoms with Crippen molar-refractivity contribution in [2.75, 3.05) is 0 Å². The minimum absolute atomic E-state index is 0. The van der Waals surface area contributed by atoms with E-state index in [9.17, 15) is 35.1 Å². The Balaban J connectivity index is 0.00000109. The summed E-state index contributed by atoms with van der Waals surface area (Å²) >= 11 is 0. The average Bonchev–Trinajstić information content (AvgIpc) is 3.68. The monoisotopic (exact) mass is 1240 g/mol. The lowest BCUT2D eigenvalue weighted by Crippen LogP contribution is -2.24. The summed E-state index contributed by atoms with van der Waals surface area (Å²) in [5.41, 5.74) is 8.12. The molecule has 6 aromatic carbocycles. The molecule has 8 heteroatoms.